The number of Topliss-reactive ketones (excluding diaryl/α,β-unsaturated/α-hetero) is 5. The zero-order chi connectivity index (χ0) is 85.3. The third-order valence-corrected chi connectivity index (χ3v) is 23.4. The van der Waals surface area contributed by atoms with Crippen molar-refractivity contribution in [2.24, 2.45) is 29.1 Å². The van der Waals surface area contributed by atoms with Gasteiger partial charge in [-0.05, 0) is 95.8 Å². The maximum atomic E-state index is 14.2. The second-order valence-electron chi connectivity index (χ2n) is 32.6. The van der Waals surface area contributed by atoms with E-state index in [9.17, 15) is 88.9 Å². The summed E-state index contributed by atoms with van der Waals surface area (Å²) in [4.78, 5) is 107. The van der Waals surface area contributed by atoms with Crippen LogP contribution in [0.4, 0.5) is 0 Å². The van der Waals surface area contributed by atoms with Crippen molar-refractivity contribution in [2.45, 2.75) is 332 Å². The second kappa shape index (κ2) is 59.9. The van der Waals surface area contributed by atoms with Gasteiger partial charge in [-0.3, -0.25) is 42.9 Å². The maximum Gasteiger partial charge on any atom is 0.222 e. The molecule has 11 N–H and O–H groups in total. The summed E-state index contributed by atoms with van der Waals surface area (Å²) in [6.07, 6.45) is 5.90. The van der Waals surface area contributed by atoms with E-state index in [1.165, 1.54) is 7.11 Å². The van der Waals surface area contributed by atoms with Gasteiger partial charge in [-0.1, -0.05) is 79.1 Å². The highest BCUT2D eigenvalue weighted by Gasteiger charge is 2.45. The van der Waals surface area contributed by atoms with E-state index in [4.69, 9.17) is 51.7 Å². The SMILES string of the molecule is [CH2-]P(=O)(OC)OCC1C[C@@H](C)CN1C(=O)CCCCCCCCCCC(=O)CC(COCCC(=O)CCCCCC(=O)CCCCOC1OC(CO)C(O)C(O)C1C)(COCCC(=O)CCCCCC(=O)CCCCOC1OC(CO)C(O)C(O)C1C)COCCC(=O)NCCCNC(=O)CCCCOC1OC(CO)C(O)C(O)C1C. The van der Waals surface area contributed by atoms with Gasteiger partial charge in [0.25, 0.3) is 0 Å². The van der Waals surface area contributed by atoms with Gasteiger partial charge in [-0.15, -0.1) is 0 Å². The Morgan fingerprint density at radius 2 is 0.750 bits per heavy atom. The standard InChI is InChI=1S/C83H147N3O29P/c1-58-48-62(54-112-116(6,104)105-5)86(50-58)73(97)36-20-12-10-8-7-9-11-15-34-67(94)49-83(55-106-45-37-65(92)30-18-13-16-28-63(90)32-21-24-42-109-80-59(2)74(98)77(101)68(51-87)113-80,56-107-46-38-66(93)31-19-14-17-29-64(91)33-22-25-43-110-81-60(3)75(99)78(102)69(52-88)114-81)57-108-47-39-72(96)85-41-27-40-84-71(95)35-23-26-44-111-82-61(4)76(100)79(103)70(53-89)115-82/h58-62,68-70,74-82,87-89,98-103H,6-57H2,1-5H3,(H,84,95)(H,85,96)/q-1/t58-,59?,60?,61?,62?,68?,69?,70?,74?,75?,76?,77?,78?,79?,80?,81?,82?,83?,116?/m1/s1. The number of aliphatic hydroxyl groups excluding tert-OH is 9. The van der Waals surface area contributed by atoms with Gasteiger partial charge < -0.3 is 113 Å². The Kier molecular flexibility index (Phi) is 53.9. The fourth-order valence-electron chi connectivity index (χ4n) is 14.8. The van der Waals surface area contributed by atoms with Crippen LogP contribution in [0.1, 0.15) is 252 Å². The van der Waals surface area contributed by atoms with E-state index in [1.54, 1.807) is 20.8 Å². The second-order valence-corrected chi connectivity index (χ2v) is 34.4. The number of nitrogens with one attached hydrogen (secondary N) is 2. The molecule has 116 heavy (non-hydrogen) atoms. The molecule has 0 bridgehead atoms. The minimum Gasteiger partial charge on any atom is -0.394 e. The van der Waals surface area contributed by atoms with Crippen molar-refractivity contribution in [3.8, 4) is 0 Å². The van der Waals surface area contributed by atoms with E-state index in [0.29, 0.717) is 141 Å². The fraction of sp³-hybridized carbons (Fsp3) is 0.892. The van der Waals surface area contributed by atoms with Crippen molar-refractivity contribution in [1.82, 2.24) is 15.5 Å². The summed E-state index contributed by atoms with van der Waals surface area (Å²) < 4.78 is 75.4. The Morgan fingerprint density at radius 3 is 1.14 bits per heavy atom. The molecule has 0 aromatic heterocycles. The normalized spacial score (nSPS) is 26.6. The maximum absolute atomic E-state index is 14.2. The molecule has 32 nitrogen and oxygen atoms in total. The molecule has 0 spiro atoms. The molecular weight excluding hydrogens is 1530 g/mol. The Balaban J connectivity index is 1.28. The van der Waals surface area contributed by atoms with Gasteiger partial charge in [0, 0.05) is 153 Å². The predicted octanol–water partition coefficient (Wildman–Crippen LogP) is 6.52. The van der Waals surface area contributed by atoms with Crippen molar-refractivity contribution >= 4 is 54.2 Å². The number of unbranched alkanes of at least 4 members (excludes halogenated alkanes) is 14. The molecule has 17 unspecified atom stereocenters. The molecule has 0 aromatic carbocycles. The highest BCUT2D eigenvalue weighted by atomic mass is 31.2. The van der Waals surface area contributed by atoms with Crippen molar-refractivity contribution in [3.63, 3.8) is 0 Å². The summed E-state index contributed by atoms with van der Waals surface area (Å²) in [5, 5.41) is 95.5. The van der Waals surface area contributed by atoms with Crippen molar-refractivity contribution in [3.05, 3.63) is 6.66 Å². The number of rotatable bonds is 69. The van der Waals surface area contributed by atoms with Gasteiger partial charge in [0.1, 0.15) is 65.5 Å². The number of aliphatic hydroxyl groups is 9. The lowest BCUT2D eigenvalue weighted by Crippen LogP contribution is -2.55. The lowest BCUT2D eigenvalue weighted by atomic mass is 9.83. The fourth-order valence-corrected chi connectivity index (χ4v) is 15.3. The first kappa shape index (κ1) is 105. The molecule has 0 aliphatic carbocycles. The van der Waals surface area contributed by atoms with Crippen LogP contribution < -0.4 is 10.6 Å². The molecular formula is C83H147N3O29P-. The number of amides is 3. The van der Waals surface area contributed by atoms with Gasteiger partial charge in [-0.25, -0.2) is 6.66 Å². The van der Waals surface area contributed by atoms with E-state index in [-0.39, 0.29) is 177 Å². The van der Waals surface area contributed by atoms with Crippen LogP contribution in [0.25, 0.3) is 0 Å². The molecule has 4 fully saturated rings. The van der Waals surface area contributed by atoms with Gasteiger partial charge >= 0.3 is 0 Å². The monoisotopic (exact) mass is 1680 g/mol. The molecule has 4 aliphatic heterocycles. The molecule has 4 heterocycles. The highest BCUT2D eigenvalue weighted by Crippen LogP contribution is 2.46. The molecule has 18 atom stereocenters. The molecule has 0 aromatic rings. The number of nitrogens with zero attached hydrogens (tertiary/aromatic N) is 1. The molecule has 4 rings (SSSR count). The number of hydrogen-bond acceptors (Lipinski definition) is 29. The van der Waals surface area contributed by atoms with Crippen LogP contribution in [-0.2, 0) is 94.6 Å². The molecule has 674 valence electrons. The third kappa shape index (κ3) is 41.8. The smallest absolute Gasteiger partial charge is 0.222 e. The zero-order valence-electron chi connectivity index (χ0n) is 70.2. The summed E-state index contributed by atoms with van der Waals surface area (Å²) in [7, 11) is -2.14. The lowest BCUT2D eigenvalue weighted by Gasteiger charge is -2.40. The topological polar surface area (TPSA) is 465 Å². The van der Waals surface area contributed by atoms with Crippen LogP contribution in [0.2, 0.25) is 0 Å². The minimum atomic E-state index is -3.42. The number of hydrogen-bond donors (Lipinski definition) is 11. The van der Waals surface area contributed by atoms with Crippen molar-refractivity contribution < 1.29 is 141 Å². The lowest BCUT2D eigenvalue weighted by molar-refractivity contribution is -0.282. The van der Waals surface area contributed by atoms with Crippen LogP contribution in [0.5, 0.6) is 0 Å². The van der Waals surface area contributed by atoms with Crippen molar-refractivity contribution in [1.29, 1.82) is 0 Å². The van der Waals surface area contributed by atoms with Gasteiger partial charge in [0.05, 0.1) is 90.4 Å². The first-order chi connectivity index (χ1) is 55.6. The van der Waals surface area contributed by atoms with E-state index in [0.717, 1.165) is 51.4 Å². The van der Waals surface area contributed by atoms with Gasteiger partial charge in [0.15, 0.2) is 26.5 Å². The average Bonchev–Trinajstić information content (AvgIpc) is 0.970. The Labute approximate surface area is 688 Å². The Hall–Kier alpha value is -3.81. The Bertz CT molecular complexity index is 2600. The largest absolute Gasteiger partial charge is 0.394 e. The van der Waals surface area contributed by atoms with E-state index < -0.39 is 124 Å². The number of ether oxygens (including phenoxy) is 9. The van der Waals surface area contributed by atoms with Crippen LogP contribution in [0.3, 0.4) is 0 Å². The van der Waals surface area contributed by atoms with Gasteiger partial charge in [-0.2, -0.15) is 0 Å². The summed E-state index contributed by atoms with van der Waals surface area (Å²) in [5.74, 6) is -1.60. The number of likely N-dealkylation sites (tertiary alicyclic amines) is 1. The highest BCUT2D eigenvalue weighted by molar-refractivity contribution is 7.55. The molecule has 0 radical (unpaired) electrons. The summed E-state index contributed by atoms with van der Waals surface area (Å²) in [5.41, 5.74) is -1.09. The van der Waals surface area contributed by atoms with Crippen LogP contribution in [0, 0.1) is 35.8 Å². The van der Waals surface area contributed by atoms with E-state index in [2.05, 4.69) is 24.2 Å². The number of carbonyl (C=O) groups excluding carboxylic acids is 8. The molecule has 0 saturated carbocycles. The molecule has 33 heteroatoms. The summed E-state index contributed by atoms with van der Waals surface area (Å²) >= 11 is 0. The minimum absolute atomic E-state index is 0.0158. The van der Waals surface area contributed by atoms with Gasteiger partial charge in [0.2, 0.25) is 17.7 Å². The quantitative estimate of drug-likeness (QED) is 0.0175. The first-order valence-electron chi connectivity index (χ1n) is 43.1. The van der Waals surface area contributed by atoms with Crippen LogP contribution in [-0.4, -0.2) is 290 Å². The Morgan fingerprint density at radius 1 is 0.422 bits per heavy atom. The van der Waals surface area contributed by atoms with E-state index in [1.807, 2.05) is 4.90 Å². The number of ketones is 5. The number of carbonyl (C=O) groups is 8. The zero-order valence-corrected chi connectivity index (χ0v) is 71.1. The third-order valence-electron chi connectivity index (χ3n) is 22.3. The summed E-state index contributed by atoms with van der Waals surface area (Å²) in [6, 6.07) is -0.177. The summed E-state index contributed by atoms with van der Waals surface area (Å²) in [6.45, 7) is 11.2. The molecule has 4 aliphatic rings. The molecule has 4 saturated heterocycles. The van der Waals surface area contributed by atoms with Crippen molar-refractivity contribution in [2.75, 3.05) is 113 Å². The molecule has 3 amide bonds. The van der Waals surface area contributed by atoms with Crippen LogP contribution in [0.15, 0.2) is 0 Å². The van der Waals surface area contributed by atoms with Crippen LogP contribution >= 0.6 is 7.60 Å². The first-order valence-corrected chi connectivity index (χ1v) is 44.8. The average molecular weight is 1680 g/mol. The van der Waals surface area contributed by atoms with E-state index >= 15 is 0 Å². The predicted molar refractivity (Wildman–Crippen MR) is 427 cm³/mol.